The number of carbonyl (C=O) groups is 2. The number of ether oxygens (including phenoxy) is 2. The predicted molar refractivity (Wildman–Crippen MR) is 111 cm³/mol. The molecule has 1 aromatic heterocycles. The van der Waals surface area contributed by atoms with Crippen molar-refractivity contribution in [1.29, 1.82) is 0 Å². The van der Waals surface area contributed by atoms with Crippen molar-refractivity contribution in [2.24, 2.45) is 0 Å². The minimum absolute atomic E-state index is 0.0499. The average molecular weight is 423 g/mol. The van der Waals surface area contributed by atoms with Crippen LogP contribution >= 0.6 is 0 Å². The molecule has 0 unspecified atom stereocenters. The maximum absolute atomic E-state index is 13.6. The Labute approximate surface area is 172 Å². The van der Waals surface area contributed by atoms with Crippen LogP contribution in [0.15, 0.2) is 71.6 Å². The Kier molecular flexibility index (Phi) is 4.79. The molecule has 0 N–H and O–H groups in total. The van der Waals surface area contributed by atoms with Gasteiger partial charge in [-0.2, -0.15) is 0 Å². The minimum Gasteiger partial charge on any atom is -0.465 e. The lowest BCUT2D eigenvalue weighted by Crippen LogP contribution is -2.15. The van der Waals surface area contributed by atoms with Crippen LogP contribution in [0.4, 0.5) is 0 Å². The third kappa shape index (κ3) is 2.93. The van der Waals surface area contributed by atoms with E-state index in [-0.39, 0.29) is 21.5 Å². The van der Waals surface area contributed by atoms with Gasteiger partial charge in [0.05, 0.1) is 41.3 Å². The standard InChI is InChI=1S/C22H17NO6S/c1-28-21(24)14-12-17-16-10-6-7-11-19(16)23(20(17)18(13-14)22(25)29-2)30(26,27)15-8-4-3-5-9-15/h3-13H,1-2H3. The van der Waals surface area contributed by atoms with E-state index in [2.05, 4.69) is 0 Å². The number of fused-ring (bicyclic) bond motifs is 3. The fourth-order valence-electron chi connectivity index (χ4n) is 3.51. The summed E-state index contributed by atoms with van der Waals surface area (Å²) in [6.07, 6.45) is 0. The Hall–Kier alpha value is -3.65. The van der Waals surface area contributed by atoms with E-state index in [9.17, 15) is 18.0 Å². The normalized spacial score (nSPS) is 11.5. The maximum atomic E-state index is 13.6. The number of rotatable bonds is 4. The molecule has 0 saturated carbocycles. The molecule has 0 atom stereocenters. The van der Waals surface area contributed by atoms with Crippen molar-refractivity contribution in [3.05, 3.63) is 77.9 Å². The van der Waals surface area contributed by atoms with Crippen molar-refractivity contribution in [2.75, 3.05) is 14.2 Å². The van der Waals surface area contributed by atoms with Gasteiger partial charge in [-0.3, -0.25) is 0 Å². The van der Waals surface area contributed by atoms with Crippen LogP contribution in [0, 0.1) is 0 Å². The highest BCUT2D eigenvalue weighted by Crippen LogP contribution is 2.35. The number of aromatic nitrogens is 1. The molecule has 0 fully saturated rings. The van der Waals surface area contributed by atoms with Crippen LogP contribution < -0.4 is 0 Å². The van der Waals surface area contributed by atoms with Gasteiger partial charge in [-0.25, -0.2) is 22.0 Å². The topological polar surface area (TPSA) is 91.7 Å². The molecule has 0 radical (unpaired) electrons. The first-order chi connectivity index (χ1) is 14.4. The van der Waals surface area contributed by atoms with Crippen molar-refractivity contribution in [3.8, 4) is 0 Å². The molecule has 30 heavy (non-hydrogen) atoms. The Morgan fingerprint density at radius 2 is 1.43 bits per heavy atom. The first-order valence-electron chi connectivity index (χ1n) is 8.94. The van der Waals surface area contributed by atoms with Gasteiger partial charge in [0.2, 0.25) is 0 Å². The number of carbonyl (C=O) groups excluding carboxylic acids is 2. The quantitative estimate of drug-likeness (QED) is 0.466. The Bertz CT molecular complexity index is 1400. The monoisotopic (exact) mass is 423 g/mol. The molecule has 8 heteroatoms. The predicted octanol–water partition coefficient (Wildman–Crippen LogP) is 3.60. The lowest BCUT2D eigenvalue weighted by molar-refractivity contribution is 0.0600. The molecular weight excluding hydrogens is 406 g/mol. The number of hydrogen-bond donors (Lipinski definition) is 0. The largest absolute Gasteiger partial charge is 0.465 e. The second-order valence-corrected chi connectivity index (χ2v) is 8.29. The maximum Gasteiger partial charge on any atom is 0.340 e. The molecule has 0 amide bonds. The van der Waals surface area contributed by atoms with Crippen LogP contribution in [0.1, 0.15) is 20.7 Å². The second kappa shape index (κ2) is 7.31. The molecular formula is C22H17NO6S. The van der Waals surface area contributed by atoms with Gasteiger partial charge in [0, 0.05) is 10.8 Å². The van der Waals surface area contributed by atoms with E-state index >= 15 is 0 Å². The van der Waals surface area contributed by atoms with Gasteiger partial charge in [-0.1, -0.05) is 36.4 Å². The van der Waals surface area contributed by atoms with Gasteiger partial charge in [0.25, 0.3) is 10.0 Å². The van der Waals surface area contributed by atoms with E-state index < -0.39 is 22.0 Å². The highest BCUT2D eigenvalue weighted by Gasteiger charge is 2.28. The third-order valence-electron chi connectivity index (χ3n) is 4.83. The first kappa shape index (κ1) is 19.7. The van der Waals surface area contributed by atoms with Crippen molar-refractivity contribution in [2.45, 2.75) is 4.90 Å². The summed E-state index contributed by atoms with van der Waals surface area (Å²) in [6, 6.07) is 17.6. The molecule has 4 rings (SSSR count). The van der Waals surface area contributed by atoms with Gasteiger partial charge in [-0.05, 0) is 30.3 Å². The first-order valence-corrected chi connectivity index (χ1v) is 10.4. The number of esters is 2. The van der Waals surface area contributed by atoms with Gasteiger partial charge < -0.3 is 9.47 Å². The smallest absolute Gasteiger partial charge is 0.340 e. The van der Waals surface area contributed by atoms with Crippen LogP contribution in [-0.2, 0) is 19.5 Å². The molecule has 152 valence electrons. The van der Waals surface area contributed by atoms with Crippen molar-refractivity contribution >= 4 is 43.8 Å². The molecule has 0 aliphatic rings. The number of nitrogens with zero attached hydrogens (tertiary/aromatic N) is 1. The molecule has 0 saturated heterocycles. The zero-order chi connectivity index (χ0) is 21.5. The summed E-state index contributed by atoms with van der Waals surface area (Å²) in [7, 11) is -1.64. The van der Waals surface area contributed by atoms with Crippen molar-refractivity contribution in [1.82, 2.24) is 3.97 Å². The highest BCUT2D eigenvalue weighted by atomic mass is 32.2. The van der Waals surface area contributed by atoms with Crippen LogP contribution in [0.5, 0.6) is 0 Å². The van der Waals surface area contributed by atoms with E-state index in [0.717, 1.165) is 3.97 Å². The van der Waals surface area contributed by atoms with E-state index in [1.54, 1.807) is 42.5 Å². The average Bonchev–Trinajstić information content (AvgIpc) is 3.13. The number of methoxy groups -OCH3 is 2. The Balaban J connectivity index is 2.23. The zero-order valence-electron chi connectivity index (χ0n) is 16.2. The van der Waals surface area contributed by atoms with Crippen LogP contribution in [-0.4, -0.2) is 38.5 Å². The van der Waals surface area contributed by atoms with E-state index in [1.165, 1.54) is 38.5 Å². The molecule has 3 aromatic carbocycles. The summed E-state index contributed by atoms with van der Waals surface area (Å²) in [5.74, 6) is -1.41. The second-order valence-electron chi connectivity index (χ2n) is 6.50. The van der Waals surface area contributed by atoms with E-state index in [1.807, 2.05) is 0 Å². The summed E-state index contributed by atoms with van der Waals surface area (Å²) in [6.45, 7) is 0. The summed E-state index contributed by atoms with van der Waals surface area (Å²) in [4.78, 5) is 24.9. The number of hydrogen-bond acceptors (Lipinski definition) is 6. The summed E-state index contributed by atoms with van der Waals surface area (Å²) >= 11 is 0. The number of benzene rings is 3. The SMILES string of the molecule is COC(=O)c1cc(C(=O)OC)c2c(c1)c1ccccc1n2S(=O)(=O)c1ccccc1. The van der Waals surface area contributed by atoms with Gasteiger partial charge in [0.15, 0.2) is 0 Å². The van der Waals surface area contributed by atoms with Crippen LogP contribution in [0.2, 0.25) is 0 Å². The van der Waals surface area contributed by atoms with Crippen molar-refractivity contribution < 1.29 is 27.5 Å². The van der Waals surface area contributed by atoms with Crippen LogP contribution in [0.25, 0.3) is 21.8 Å². The lowest BCUT2D eigenvalue weighted by atomic mass is 10.0. The minimum atomic E-state index is -4.06. The fourth-order valence-corrected chi connectivity index (χ4v) is 5.07. The van der Waals surface area contributed by atoms with Gasteiger partial charge >= 0.3 is 11.9 Å². The van der Waals surface area contributed by atoms with E-state index in [4.69, 9.17) is 9.47 Å². The highest BCUT2D eigenvalue weighted by molar-refractivity contribution is 7.90. The fraction of sp³-hybridized carbons (Fsp3) is 0.0909. The van der Waals surface area contributed by atoms with Gasteiger partial charge in [-0.15, -0.1) is 0 Å². The van der Waals surface area contributed by atoms with E-state index in [0.29, 0.717) is 16.3 Å². The zero-order valence-corrected chi connectivity index (χ0v) is 17.0. The molecule has 4 aromatic rings. The third-order valence-corrected chi connectivity index (χ3v) is 6.56. The molecule has 0 aliphatic heterocycles. The van der Waals surface area contributed by atoms with Gasteiger partial charge in [0.1, 0.15) is 0 Å². The molecule has 7 nitrogen and oxygen atoms in total. The van der Waals surface area contributed by atoms with Crippen LogP contribution in [0.3, 0.4) is 0 Å². The molecule has 0 aliphatic carbocycles. The Morgan fingerprint density at radius 3 is 2.10 bits per heavy atom. The molecule has 0 bridgehead atoms. The molecule has 1 heterocycles. The summed E-state index contributed by atoms with van der Waals surface area (Å²) in [5, 5.41) is 0.997. The lowest BCUT2D eigenvalue weighted by Gasteiger charge is -2.12. The van der Waals surface area contributed by atoms with Crippen molar-refractivity contribution in [3.63, 3.8) is 0 Å². The summed E-state index contributed by atoms with van der Waals surface area (Å²) < 4.78 is 38.0. The number of para-hydroxylation sites is 1. The Morgan fingerprint density at radius 1 is 0.800 bits per heavy atom. The molecule has 0 spiro atoms. The summed E-state index contributed by atoms with van der Waals surface area (Å²) in [5.41, 5.74) is 0.583.